The van der Waals surface area contributed by atoms with Crippen molar-refractivity contribution in [2.24, 2.45) is 0 Å². The molecular formula is C56H35N3O. The Morgan fingerprint density at radius 2 is 0.783 bits per heavy atom. The van der Waals surface area contributed by atoms with E-state index >= 15 is 0 Å². The number of furan rings is 1. The zero-order valence-electron chi connectivity index (χ0n) is 32.5. The fourth-order valence-electron chi connectivity index (χ4n) is 9.72. The fraction of sp³-hybridized carbons (Fsp3) is 0. The van der Waals surface area contributed by atoms with Crippen LogP contribution in [0.4, 0.5) is 34.1 Å². The molecule has 0 saturated heterocycles. The van der Waals surface area contributed by atoms with Gasteiger partial charge in [-0.2, -0.15) is 0 Å². The lowest BCUT2D eigenvalue weighted by Gasteiger charge is -2.25. The molecular weight excluding hydrogens is 731 g/mol. The smallest absolute Gasteiger partial charge is 0.145 e. The van der Waals surface area contributed by atoms with Gasteiger partial charge in [0.15, 0.2) is 0 Å². The summed E-state index contributed by atoms with van der Waals surface area (Å²) in [6.07, 6.45) is 0. The van der Waals surface area contributed by atoms with Crippen molar-refractivity contribution in [3.8, 4) is 0 Å². The number of aromatic nitrogens is 1. The second-order valence-corrected chi connectivity index (χ2v) is 15.8. The third kappa shape index (κ3) is 4.85. The van der Waals surface area contributed by atoms with E-state index in [2.05, 4.69) is 227 Å². The van der Waals surface area contributed by atoms with Crippen molar-refractivity contribution >= 4 is 116 Å². The molecule has 0 amide bonds. The molecule has 0 atom stereocenters. The van der Waals surface area contributed by atoms with E-state index in [4.69, 9.17) is 4.42 Å². The number of anilines is 6. The molecule has 13 aromatic rings. The van der Waals surface area contributed by atoms with Crippen LogP contribution in [0.15, 0.2) is 217 Å². The van der Waals surface area contributed by atoms with Gasteiger partial charge in [-0.3, -0.25) is 0 Å². The average Bonchev–Trinajstić information content (AvgIpc) is 3.95. The van der Waals surface area contributed by atoms with Gasteiger partial charge in [0.2, 0.25) is 0 Å². The van der Waals surface area contributed by atoms with E-state index in [-0.39, 0.29) is 0 Å². The Labute approximate surface area is 345 Å². The first-order valence-electron chi connectivity index (χ1n) is 20.5. The van der Waals surface area contributed by atoms with Crippen molar-refractivity contribution in [3.05, 3.63) is 212 Å². The number of para-hydroxylation sites is 5. The summed E-state index contributed by atoms with van der Waals surface area (Å²) in [5, 5.41) is 11.8. The van der Waals surface area contributed by atoms with Crippen LogP contribution in [0.5, 0.6) is 0 Å². The molecule has 13 rings (SSSR count). The van der Waals surface area contributed by atoms with Crippen molar-refractivity contribution < 1.29 is 4.42 Å². The molecule has 0 N–H and O–H groups in total. The normalized spacial score (nSPS) is 12.0. The number of nitrogens with zero attached hydrogens (tertiary/aromatic N) is 3. The van der Waals surface area contributed by atoms with Gasteiger partial charge in [-0.05, 0) is 131 Å². The zero-order valence-corrected chi connectivity index (χ0v) is 32.5. The maximum Gasteiger partial charge on any atom is 0.145 e. The molecule has 0 unspecified atom stereocenters. The van der Waals surface area contributed by atoms with E-state index in [9.17, 15) is 0 Å². The summed E-state index contributed by atoms with van der Waals surface area (Å²) < 4.78 is 9.32. The van der Waals surface area contributed by atoms with Crippen LogP contribution in [-0.2, 0) is 0 Å². The first-order valence-corrected chi connectivity index (χ1v) is 20.5. The van der Waals surface area contributed by atoms with E-state index in [1.165, 1.54) is 54.3 Å². The van der Waals surface area contributed by atoms with Crippen molar-refractivity contribution in [3.63, 3.8) is 0 Å². The molecule has 0 bridgehead atoms. The molecule has 0 saturated carbocycles. The van der Waals surface area contributed by atoms with Gasteiger partial charge < -0.3 is 18.6 Å². The minimum atomic E-state index is 0.905. The summed E-state index contributed by atoms with van der Waals surface area (Å²) in [6, 6.07) is 76.5. The van der Waals surface area contributed by atoms with E-state index < -0.39 is 0 Å². The largest absolute Gasteiger partial charge is 0.455 e. The molecule has 10 aromatic carbocycles. The Morgan fingerprint density at radius 1 is 0.317 bits per heavy atom. The topological polar surface area (TPSA) is 24.0 Å². The Morgan fingerprint density at radius 3 is 1.32 bits per heavy atom. The van der Waals surface area contributed by atoms with Crippen LogP contribution in [0.3, 0.4) is 0 Å². The third-order valence-corrected chi connectivity index (χ3v) is 12.4. The molecule has 3 heterocycles. The van der Waals surface area contributed by atoms with Gasteiger partial charge in [0, 0.05) is 61.1 Å². The molecule has 0 radical (unpaired) electrons. The second kappa shape index (κ2) is 12.7. The molecule has 3 aromatic heterocycles. The predicted octanol–water partition coefficient (Wildman–Crippen LogP) is 16.0. The first kappa shape index (κ1) is 32.9. The predicted molar refractivity (Wildman–Crippen MR) is 253 cm³/mol. The molecule has 4 heteroatoms. The molecule has 0 aliphatic carbocycles. The van der Waals surface area contributed by atoms with E-state index in [1.54, 1.807) is 0 Å². The summed E-state index contributed by atoms with van der Waals surface area (Å²) in [5.41, 5.74) is 12.1. The highest BCUT2D eigenvalue weighted by Gasteiger charge is 2.24. The summed E-state index contributed by atoms with van der Waals surface area (Å²) in [7, 11) is 0. The minimum absolute atomic E-state index is 0.905. The van der Waals surface area contributed by atoms with Crippen LogP contribution in [0.25, 0.3) is 81.6 Å². The van der Waals surface area contributed by atoms with Crippen LogP contribution >= 0.6 is 0 Å². The molecule has 0 aliphatic rings. The monoisotopic (exact) mass is 765 g/mol. The molecule has 0 spiro atoms. The first-order chi connectivity index (χ1) is 29.7. The van der Waals surface area contributed by atoms with Gasteiger partial charge in [0.05, 0.1) is 21.9 Å². The summed E-state index contributed by atoms with van der Waals surface area (Å²) >= 11 is 0. The summed E-state index contributed by atoms with van der Waals surface area (Å²) in [4.78, 5) is 4.66. The highest BCUT2D eigenvalue weighted by molar-refractivity contribution is 6.34. The standard InChI is InChI=1S/C56H35N3O/c1-5-15-40(16-6-1)57(41-17-7-2-8-18-41)44-27-25-36-33-51-47(31-38(36)29-44)48-35-49-46-23-13-14-24-53(46)60-56(49)54-50-32-39-30-45(28-26-37(39)34-52(50)59(51)55(48)54)58(42-19-9-3-10-20-42)43-21-11-4-12-22-43/h1-35H. The summed E-state index contributed by atoms with van der Waals surface area (Å²) in [6.45, 7) is 0. The maximum atomic E-state index is 6.83. The van der Waals surface area contributed by atoms with Crippen molar-refractivity contribution in [2.75, 3.05) is 9.80 Å². The maximum absolute atomic E-state index is 6.83. The van der Waals surface area contributed by atoms with Crippen LogP contribution in [-0.4, -0.2) is 4.40 Å². The number of hydrogen-bond donors (Lipinski definition) is 0. The van der Waals surface area contributed by atoms with Gasteiger partial charge in [0.25, 0.3) is 0 Å². The van der Waals surface area contributed by atoms with Crippen molar-refractivity contribution in [1.29, 1.82) is 0 Å². The van der Waals surface area contributed by atoms with Gasteiger partial charge in [-0.1, -0.05) is 103 Å². The fourth-order valence-corrected chi connectivity index (χ4v) is 9.72. The number of fused-ring (bicyclic) bond motifs is 12. The molecule has 280 valence electrons. The van der Waals surface area contributed by atoms with Gasteiger partial charge in [0.1, 0.15) is 11.2 Å². The Kier molecular flexibility index (Phi) is 6.98. The van der Waals surface area contributed by atoms with Crippen LogP contribution in [0.1, 0.15) is 0 Å². The van der Waals surface area contributed by atoms with E-state index in [1.807, 2.05) is 0 Å². The van der Waals surface area contributed by atoms with Gasteiger partial charge >= 0.3 is 0 Å². The lowest BCUT2D eigenvalue weighted by atomic mass is 10.00. The van der Waals surface area contributed by atoms with Crippen molar-refractivity contribution in [2.45, 2.75) is 0 Å². The second-order valence-electron chi connectivity index (χ2n) is 15.8. The molecule has 0 fully saturated rings. The summed E-state index contributed by atoms with van der Waals surface area (Å²) in [5.74, 6) is 0. The highest BCUT2D eigenvalue weighted by Crippen LogP contribution is 2.48. The Balaban J connectivity index is 1.08. The number of benzene rings is 10. The Hall–Kier alpha value is -8.08. The zero-order chi connectivity index (χ0) is 39.3. The molecule has 60 heavy (non-hydrogen) atoms. The average molecular weight is 766 g/mol. The molecule has 0 aliphatic heterocycles. The molecule has 4 nitrogen and oxygen atoms in total. The lowest BCUT2D eigenvalue weighted by molar-refractivity contribution is 0.673. The third-order valence-electron chi connectivity index (χ3n) is 12.4. The van der Waals surface area contributed by atoms with Crippen LogP contribution < -0.4 is 9.80 Å². The number of rotatable bonds is 6. The number of hydrogen-bond acceptors (Lipinski definition) is 3. The van der Waals surface area contributed by atoms with Gasteiger partial charge in [-0.25, -0.2) is 0 Å². The van der Waals surface area contributed by atoms with Crippen LogP contribution in [0, 0.1) is 0 Å². The Bertz CT molecular complexity index is 3680. The van der Waals surface area contributed by atoms with E-state index in [0.29, 0.717) is 0 Å². The lowest BCUT2D eigenvalue weighted by Crippen LogP contribution is -2.09. The minimum Gasteiger partial charge on any atom is -0.455 e. The van der Waals surface area contributed by atoms with Gasteiger partial charge in [-0.15, -0.1) is 0 Å². The van der Waals surface area contributed by atoms with E-state index in [0.717, 1.165) is 61.4 Å². The quantitative estimate of drug-likeness (QED) is 0.168. The highest BCUT2D eigenvalue weighted by atomic mass is 16.3. The van der Waals surface area contributed by atoms with Crippen LogP contribution in [0.2, 0.25) is 0 Å². The SMILES string of the molecule is c1ccc(N(c2ccccc2)c2ccc3cc4c(cc3c2)c2cc3c5ccccc5oc3c3c5cc6cc(N(c7ccccc7)c7ccccc7)ccc6cc5n4c23)cc1. The van der Waals surface area contributed by atoms with Crippen molar-refractivity contribution in [1.82, 2.24) is 4.40 Å².